The summed E-state index contributed by atoms with van der Waals surface area (Å²) in [5.74, 6) is 1.06. The summed E-state index contributed by atoms with van der Waals surface area (Å²) >= 11 is 7.65. The molecule has 0 unspecified atom stereocenters. The fourth-order valence-electron chi connectivity index (χ4n) is 2.91. The molecule has 0 radical (unpaired) electrons. The molecule has 0 saturated carbocycles. The molecule has 0 atom stereocenters. The van der Waals surface area contributed by atoms with E-state index in [1.54, 1.807) is 12.1 Å². The lowest BCUT2D eigenvalue weighted by Crippen LogP contribution is -2.10. The van der Waals surface area contributed by atoms with Crippen LogP contribution < -0.4 is 19.5 Å². The first kappa shape index (κ1) is 20.0. The minimum absolute atomic E-state index is 0.0581. The predicted octanol–water partition coefficient (Wildman–Crippen LogP) is 4.88. The number of halogens is 1. The first-order chi connectivity index (χ1) is 14.5. The highest BCUT2D eigenvalue weighted by atomic mass is 35.5. The van der Waals surface area contributed by atoms with Crippen molar-refractivity contribution in [3.8, 4) is 28.7 Å². The number of hydrogen-bond acceptors (Lipinski definition) is 8. The number of carbonyl (C=O) groups is 1. The minimum atomic E-state index is -0.429. The van der Waals surface area contributed by atoms with E-state index < -0.39 is 5.91 Å². The second kappa shape index (κ2) is 8.21. The van der Waals surface area contributed by atoms with Gasteiger partial charge in [-0.2, -0.15) is 0 Å². The molecule has 0 aliphatic rings. The number of hydrogen-bond donors (Lipinski definition) is 1. The van der Waals surface area contributed by atoms with E-state index in [1.165, 1.54) is 32.7 Å². The number of rotatable bonds is 6. The molecule has 2 aromatic carbocycles. The SMILES string of the molecule is COc1cc(-c2nnc(NC(=O)c3sc4ccccc4c3Cl)o2)cc(OC)c1OC. The summed E-state index contributed by atoms with van der Waals surface area (Å²) < 4.78 is 22.5. The molecule has 2 heterocycles. The maximum Gasteiger partial charge on any atom is 0.322 e. The van der Waals surface area contributed by atoms with Gasteiger partial charge in [-0.15, -0.1) is 16.4 Å². The molecular formula is C20H16ClN3O5S. The van der Waals surface area contributed by atoms with Crippen molar-refractivity contribution in [3.63, 3.8) is 0 Å². The van der Waals surface area contributed by atoms with Crippen molar-refractivity contribution in [3.05, 3.63) is 46.3 Å². The quantitative estimate of drug-likeness (QED) is 0.451. The first-order valence-electron chi connectivity index (χ1n) is 8.68. The molecular weight excluding hydrogens is 430 g/mol. The Balaban J connectivity index is 1.61. The van der Waals surface area contributed by atoms with Crippen LogP contribution in [0.1, 0.15) is 9.67 Å². The van der Waals surface area contributed by atoms with Gasteiger partial charge in [-0.25, -0.2) is 0 Å². The van der Waals surface area contributed by atoms with Gasteiger partial charge in [0, 0.05) is 15.6 Å². The molecule has 0 bridgehead atoms. The van der Waals surface area contributed by atoms with Crippen LogP contribution >= 0.6 is 22.9 Å². The van der Waals surface area contributed by atoms with E-state index in [0.29, 0.717) is 32.7 Å². The van der Waals surface area contributed by atoms with Gasteiger partial charge in [-0.05, 0) is 18.2 Å². The van der Waals surface area contributed by atoms with Crippen molar-refractivity contribution in [2.45, 2.75) is 0 Å². The van der Waals surface area contributed by atoms with E-state index >= 15 is 0 Å². The number of nitrogens with one attached hydrogen (secondary N) is 1. The second-order valence-corrected chi connectivity index (χ2v) is 7.45. The van der Waals surface area contributed by atoms with Crippen LogP contribution in [0.4, 0.5) is 6.01 Å². The van der Waals surface area contributed by atoms with Crippen molar-refractivity contribution >= 4 is 44.9 Å². The molecule has 0 aliphatic carbocycles. The predicted molar refractivity (Wildman–Crippen MR) is 114 cm³/mol. The first-order valence-corrected chi connectivity index (χ1v) is 9.87. The molecule has 0 fully saturated rings. The normalized spacial score (nSPS) is 10.8. The van der Waals surface area contributed by atoms with E-state index in [1.807, 2.05) is 24.3 Å². The molecule has 154 valence electrons. The van der Waals surface area contributed by atoms with Crippen LogP contribution in [0.25, 0.3) is 21.5 Å². The smallest absolute Gasteiger partial charge is 0.322 e. The topological polar surface area (TPSA) is 95.7 Å². The molecule has 0 saturated heterocycles. The summed E-state index contributed by atoms with van der Waals surface area (Å²) in [6, 6.07) is 10.8. The lowest BCUT2D eigenvalue weighted by atomic mass is 10.2. The van der Waals surface area contributed by atoms with Crippen LogP contribution in [-0.2, 0) is 0 Å². The number of aromatic nitrogens is 2. The molecule has 8 nitrogen and oxygen atoms in total. The van der Waals surface area contributed by atoms with Gasteiger partial charge in [0.25, 0.3) is 5.91 Å². The van der Waals surface area contributed by atoms with Crippen LogP contribution in [0.2, 0.25) is 5.02 Å². The molecule has 10 heteroatoms. The summed E-state index contributed by atoms with van der Waals surface area (Å²) in [6.45, 7) is 0. The number of carbonyl (C=O) groups excluding carboxylic acids is 1. The number of benzene rings is 2. The Morgan fingerprint density at radius 1 is 1.07 bits per heavy atom. The van der Waals surface area contributed by atoms with E-state index in [4.69, 9.17) is 30.2 Å². The third-order valence-electron chi connectivity index (χ3n) is 4.30. The standard InChI is InChI=1S/C20H16ClN3O5S/c1-26-12-8-10(9-13(27-2)16(12)28-3)19-23-24-20(29-19)22-18(25)17-15(21)11-6-4-5-7-14(11)30-17/h4-9H,1-3H3,(H,22,24,25). The Morgan fingerprint density at radius 2 is 1.77 bits per heavy atom. The summed E-state index contributed by atoms with van der Waals surface area (Å²) in [7, 11) is 4.53. The van der Waals surface area contributed by atoms with Crippen LogP contribution in [0.3, 0.4) is 0 Å². The molecule has 1 amide bonds. The molecule has 0 spiro atoms. The van der Waals surface area contributed by atoms with Gasteiger partial charge >= 0.3 is 6.01 Å². The van der Waals surface area contributed by atoms with Gasteiger partial charge in [0.15, 0.2) is 11.5 Å². The number of ether oxygens (including phenoxy) is 3. The Labute approximate surface area is 180 Å². The number of amides is 1. The monoisotopic (exact) mass is 445 g/mol. The van der Waals surface area contributed by atoms with Crippen molar-refractivity contribution in [2.75, 3.05) is 26.6 Å². The van der Waals surface area contributed by atoms with Gasteiger partial charge in [0.1, 0.15) is 4.88 Å². The van der Waals surface area contributed by atoms with Gasteiger partial charge in [0.2, 0.25) is 11.6 Å². The lowest BCUT2D eigenvalue weighted by molar-refractivity contribution is 0.102. The summed E-state index contributed by atoms with van der Waals surface area (Å²) in [5, 5.41) is 11.7. The summed E-state index contributed by atoms with van der Waals surface area (Å²) in [4.78, 5) is 13.0. The highest BCUT2D eigenvalue weighted by molar-refractivity contribution is 7.21. The average Bonchev–Trinajstić information content (AvgIpc) is 3.37. The largest absolute Gasteiger partial charge is 0.493 e. The van der Waals surface area contributed by atoms with Gasteiger partial charge in [-0.1, -0.05) is 34.9 Å². The number of fused-ring (bicyclic) bond motifs is 1. The van der Waals surface area contributed by atoms with Crippen molar-refractivity contribution in [1.29, 1.82) is 0 Å². The number of anilines is 1. The number of methoxy groups -OCH3 is 3. The molecule has 2 aromatic heterocycles. The van der Waals surface area contributed by atoms with Gasteiger partial charge < -0.3 is 18.6 Å². The minimum Gasteiger partial charge on any atom is -0.493 e. The van der Waals surface area contributed by atoms with Crippen LogP contribution in [0.15, 0.2) is 40.8 Å². The fourth-order valence-corrected chi connectivity index (χ4v) is 4.32. The highest BCUT2D eigenvalue weighted by Crippen LogP contribution is 2.41. The fraction of sp³-hybridized carbons (Fsp3) is 0.150. The zero-order valence-corrected chi connectivity index (χ0v) is 17.8. The van der Waals surface area contributed by atoms with E-state index in [2.05, 4.69) is 15.5 Å². The van der Waals surface area contributed by atoms with Crippen molar-refractivity contribution < 1.29 is 23.4 Å². The Bertz CT molecular complexity index is 1210. The average molecular weight is 446 g/mol. The zero-order chi connectivity index (χ0) is 21.3. The second-order valence-electron chi connectivity index (χ2n) is 6.02. The zero-order valence-electron chi connectivity index (χ0n) is 16.2. The summed E-state index contributed by atoms with van der Waals surface area (Å²) in [6.07, 6.45) is 0. The Hall–Kier alpha value is -3.30. The van der Waals surface area contributed by atoms with Crippen molar-refractivity contribution in [2.24, 2.45) is 0 Å². The Kier molecular flexibility index (Phi) is 5.47. The third kappa shape index (κ3) is 3.53. The number of nitrogens with zero attached hydrogens (tertiary/aromatic N) is 2. The lowest BCUT2D eigenvalue weighted by Gasteiger charge is -2.12. The molecule has 0 aliphatic heterocycles. The molecule has 30 heavy (non-hydrogen) atoms. The molecule has 4 aromatic rings. The highest BCUT2D eigenvalue weighted by Gasteiger charge is 2.21. The van der Waals surface area contributed by atoms with E-state index in [9.17, 15) is 4.79 Å². The van der Waals surface area contributed by atoms with Crippen LogP contribution in [0, 0.1) is 0 Å². The van der Waals surface area contributed by atoms with Gasteiger partial charge in [0.05, 0.1) is 26.4 Å². The maximum absolute atomic E-state index is 12.7. The van der Waals surface area contributed by atoms with Crippen molar-refractivity contribution in [1.82, 2.24) is 10.2 Å². The van der Waals surface area contributed by atoms with Crippen LogP contribution in [0.5, 0.6) is 17.2 Å². The maximum atomic E-state index is 12.7. The Morgan fingerprint density at radius 3 is 2.40 bits per heavy atom. The van der Waals surface area contributed by atoms with Gasteiger partial charge in [-0.3, -0.25) is 10.1 Å². The van der Waals surface area contributed by atoms with Crippen LogP contribution in [-0.4, -0.2) is 37.4 Å². The molecule has 1 N–H and O–H groups in total. The molecule has 4 rings (SSSR count). The number of thiophene rings is 1. The van der Waals surface area contributed by atoms with E-state index in [0.717, 1.165) is 10.1 Å². The third-order valence-corrected chi connectivity index (χ3v) is 5.97. The van der Waals surface area contributed by atoms with E-state index in [-0.39, 0.29) is 11.9 Å². The summed E-state index contributed by atoms with van der Waals surface area (Å²) in [5.41, 5.74) is 0.539.